The first-order valence-electron chi connectivity index (χ1n) is 5.23. The van der Waals surface area contributed by atoms with Gasteiger partial charge in [0.15, 0.2) is 5.11 Å². The molecule has 0 saturated carbocycles. The van der Waals surface area contributed by atoms with Crippen molar-refractivity contribution < 1.29 is 18.0 Å². The van der Waals surface area contributed by atoms with Crippen LogP contribution in [0.4, 0.5) is 18.9 Å². The van der Waals surface area contributed by atoms with Crippen LogP contribution < -0.4 is 16.2 Å². The lowest BCUT2D eigenvalue weighted by molar-refractivity contribution is -0.137. The predicted molar refractivity (Wildman–Crippen MR) is 69.2 cm³/mol. The lowest BCUT2D eigenvalue weighted by atomic mass is 10.2. The van der Waals surface area contributed by atoms with Gasteiger partial charge < -0.3 is 5.32 Å². The molecule has 0 atom stereocenters. The average Bonchev–Trinajstić information content (AvgIpc) is 2.36. The number of halogens is 3. The normalized spacial score (nSPS) is 10.3. The fourth-order valence-corrected chi connectivity index (χ4v) is 1.35. The number of thiocarbonyl (C=S) groups is 1. The molecule has 1 amide bonds. The van der Waals surface area contributed by atoms with Crippen LogP contribution in [0.3, 0.4) is 0 Å². The molecule has 1 aromatic rings. The van der Waals surface area contributed by atoms with Crippen molar-refractivity contribution in [1.29, 1.82) is 5.26 Å². The average molecular weight is 302 g/mol. The van der Waals surface area contributed by atoms with Crippen molar-refractivity contribution in [2.45, 2.75) is 12.6 Å². The zero-order valence-corrected chi connectivity index (χ0v) is 10.7. The van der Waals surface area contributed by atoms with Gasteiger partial charge in [-0.3, -0.25) is 15.6 Å². The Balaban J connectivity index is 2.59. The smallest absolute Gasteiger partial charge is 0.331 e. The Hall–Kier alpha value is -2.34. The second kappa shape index (κ2) is 6.72. The number of nitrogens with one attached hydrogen (secondary N) is 3. The van der Waals surface area contributed by atoms with E-state index in [4.69, 9.17) is 17.5 Å². The van der Waals surface area contributed by atoms with Crippen molar-refractivity contribution in [3.8, 4) is 6.07 Å². The number of anilines is 1. The quantitative estimate of drug-likeness (QED) is 0.575. The summed E-state index contributed by atoms with van der Waals surface area (Å²) in [6.45, 7) is 0. The number of hydrazine groups is 1. The molecule has 0 aliphatic carbocycles. The van der Waals surface area contributed by atoms with E-state index in [1.807, 2.05) is 0 Å². The monoisotopic (exact) mass is 302 g/mol. The Labute approximate surface area is 117 Å². The maximum atomic E-state index is 12.5. The number of amides is 1. The number of hydrogen-bond donors (Lipinski definition) is 3. The maximum absolute atomic E-state index is 12.5. The lowest BCUT2D eigenvalue weighted by Crippen LogP contribution is -2.43. The predicted octanol–water partition coefficient (Wildman–Crippen LogP) is 1.94. The summed E-state index contributed by atoms with van der Waals surface area (Å²) in [5.41, 5.74) is 3.67. The first kappa shape index (κ1) is 15.7. The molecule has 0 aliphatic heterocycles. The van der Waals surface area contributed by atoms with Crippen LogP contribution in [0.1, 0.15) is 12.0 Å². The van der Waals surface area contributed by atoms with E-state index >= 15 is 0 Å². The zero-order valence-electron chi connectivity index (χ0n) is 9.91. The van der Waals surface area contributed by atoms with Gasteiger partial charge in [-0.1, -0.05) is 6.07 Å². The molecule has 5 nitrogen and oxygen atoms in total. The fourth-order valence-electron chi connectivity index (χ4n) is 1.18. The highest BCUT2D eigenvalue weighted by molar-refractivity contribution is 7.80. The van der Waals surface area contributed by atoms with Gasteiger partial charge in [0.1, 0.15) is 6.42 Å². The molecule has 3 N–H and O–H groups in total. The Kier molecular flexibility index (Phi) is 5.28. The van der Waals surface area contributed by atoms with E-state index in [0.29, 0.717) is 0 Å². The Bertz CT molecular complexity index is 553. The molecule has 0 saturated heterocycles. The van der Waals surface area contributed by atoms with Crippen LogP contribution >= 0.6 is 12.2 Å². The highest BCUT2D eigenvalue weighted by Gasteiger charge is 2.30. The number of carbonyl (C=O) groups is 1. The van der Waals surface area contributed by atoms with E-state index in [9.17, 15) is 18.0 Å². The molecule has 0 aromatic heterocycles. The molecule has 106 valence electrons. The fraction of sp³-hybridized carbons (Fsp3) is 0.182. The number of hydrogen-bond acceptors (Lipinski definition) is 3. The summed E-state index contributed by atoms with van der Waals surface area (Å²) < 4.78 is 37.4. The van der Waals surface area contributed by atoms with Gasteiger partial charge in [0.2, 0.25) is 0 Å². The van der Waals surface area contributed by atoms with Crippen LogP contribution in [0.5, 0.6) is 0 Å². The van der Waals surface area contributed by atoms with Crippen LogP contribution in [0.25, 0.3) is 0 Å². The molecule has 0 bridgehead atoms. The SMILES string of the molecule is N#CCC(=O)NNC(=S)Nc1cccc(C(F)(F)F)c1. The van der Waals surface area contributed by atoms with Gasteiger partial charge in [-0.25, -0.2) is 0 Å². The van der Waals surface area contributed by atoms with E-state index in [1.165, 1.54) is 12.1 Å². The zero-order chi connectivity index (χ0) is 15.2. The second-order valence-electron chi connectivity index (χ2n) is 3.54. The second-order valence-corrected chi connectivity index (χ2v) is 3.95. The van der Waals surface area contributed by atoms with Gasteiger partial charge >= 0.3 is 6.18 Å². The molecular weight excluding hydrogens is 293 g/mol. The maximum Gasteiger partial charge on any atom is 0.416 e. The van der Waals surface area contributed by atoms with E-state index < -0.39 is 17.6 Å². The number of rotatable bonds is 2. The lowest BCUT2D eigenvalue weighted by Gasteiger charge is -2.12. The van der Waals surface area contributed by atoms with E-state index in [1.54, 1.807) is 6.07 Å². The number of benzene rings is 1. The van der Waals surface area contributed by atoms with Gasteiger partial charge in [0, 0.05) is 5.69 Å². The van der Waals surface area contributed by atoms with Crippen LogP contribution in [-0.2, 0) is 11.0 Å². The van der Waals surface area contributed by atoms with Crippen molar-refractivity contribution in [3.63, 3.8) is 0 Å². The molecule has 0 fully saturated rings. The van der Waals surface area contributed by atoms with Gasteiger partial charge in [-0.15, -0.1) is 0 Å². The minimum atomic E-state index is -4.45. The topological polar surface area (TPSA) is 77.0 Å². The highest BCUT2D eigenvalue weighted by atomic mass is 32.1. The minimum Gasteiger partial charge on any atom is -0.331 e. The molecule has 0 heterocycles. The summed E-state index contributed by atoms with van der Waals surface area (Å²) in [7, 11) is 0. The third-order valence-electron chi connectivity index (χ3n) is 2.00. The molecule has 0 aliphatic rings. The first-order chi connectivity index (χ1) is 9.32. The van der Waals surface area contributed by atoms with Gasteiger partial charge in [0.05, 0.1) is 11.6 Å². The van der Waals surface area contributed by atoms with Crippen LogP contribution in [0.2, 0.25) is 0 Å². The Morgan fingerprint density at radius 1 is 1.35 bits per heavy atom. The third-order valence-corrected chi connectivity index (χ3v) is 2.21. The first-order valence-corrected chi connectivity index (χ1v) is 5.64. The largest absolute Gasteiger partial charge is 0.416 e. The summed E-state index contributed by atoms with van der Waals surface area (Å²) in [4.78, 5) is 11.0. The van der Waals surface area contributed by atoms with Gasteiger partial charge in [-0.2, -0.15) is 18.4 Å². The molecule has 20 heavy (non-hydrogen) atoms. The standard InChI is InChI=1S/C11H9F3N4OS/c12-11(13,14)7-2-1-3-8(6-7)16-10(20)18-17-9(19)4-5-15/h1-3,6H,4H2,(H,17,19)(H2,16,18,20). The highest BCUT2D eigenvalue weighted by Crippen LogP contribution is 2.30. The summed E-state index contributed by atoms with van der Waals surface area (Å²) in [6, 6.07) is 6.04. The van der Waals surface area contributed by atoms with Crippen molar-refractivity contribution >= 4 is 28.9 Å². The summed E-state index contributed by atoms with van der Waals surface area (Å²) in [5, 5.41) is 10.6. The van der Waals surface area contributed by atoms with E-state index in [2.05, 4.69) is 16.2 Å². The van der Waals surface area contributed by atoms with Crippen molar-refractivity contribution in [1.82, 2.24) is 10.9 Å². The van der Waals surface area contributed by atoms with E-state index in [0.717, 1.165) is 12.1 Å². The molecule has 0 unspecified atom stereocenters. The van der Waals surface area contributed by atoms with Gasteiger partial charge in [-0.05, 0) is 30.4 Å². The third kappa shape index (κ3) is 5.11. The number of nitrogens with zero attached hydrogens (tertiary/aromatic N) is 1. The van der Waals surface area contributed by atoms with Crippen molar-refractivity contribution in [2.24, 2.45) is 0 Å². The van der Waals surface area contributed by atoms with Crippen LogP contribution in [0.15, 0.2) is 24.3 Å². The summed E-state index contributed by atoms with van der Waals surface area (Å²) in [6.07, 6.45) is -4.81. The molecule has 0 radical (unpaired) electrons. The minimum absolute atomic E-state index is 0.101. The molecular formula is C11H9F3N4OS. The summed E-state index contributed by atoms with van der Waals surface area (Å²) >= 11 is 4.77. The number of nitriles is 1. The Morgan fingerprint density at radius 2 is 2.05 bits per heavy atom. The molecule has 9 heteroatoms. The Morgan fingerprint density at radius 3 is 2.65 bits per heavy atom. The summed E-state index contributed by atoms with van der Waals surface area (Å²) in [5.74, 6) is -0.610. The molecule has 1 aromatic carbocycles. The number of carbonyl (C=O) groups excluding carboxylic acids is 1. The van der Waals surface area contributed by atoms with Crippen LogP contribution in [-0.4, -0.2) is 11.0 Å². The van der Waals surface area contributed by atoms with Crippen LogP contribution in [0, 0.1) is 11.3 Å². The van der Waals surface area contributed by atoms with Crippen molar-refractivity contribution in [2.75, 3.05) is 5.32 Å². The van der Waals surface area contributed by atoms with Gasteiger partial charge in [0.25, 0.3) is 5.91 Å². The van der Waals surface area contributed by atoms with Crippen molar-refractivity contribution in [3.05, 3.63) is 29.8 Å². The molecule has 1 rings (SSSR count). The van der Waals surface area contributed by atoms with E-state index in [-0.39, 0.29) is 17.2 Å². The molecule has 0 spiro atoms. The number of alkyl halides is 3.